The number of fused-ring (bicyclic) bond motifs is 1. The van der Waals surface area contributed by atoms with Gasteiger partial charge in [0.15, 0.2) is 5.82 Å². The monoisotopic (exact) mass is 448 g/mol. The van der Waals surface area contributed by atoms with Gasteiger partial charge in [0.2, 0.25) is 0 Å². The van der Waals surface area contributed by atoms with Gasteiger partial charge >= 0.3 is 6.18 Å². The number of hydrogen-bond donors (Lipinski definition) is 1. The molecule has 2 aromatic heterocycles. The normalized spacial score (nSPS) is 19.6. The maximum Gasteiger partial charge on any atom is 0.391 e. The first-order valence-electron chi connectivity index (χ1n) is 8.49. The molecular weight excluding hydrogens is 434 g/mol. The fraction of sp³-hybridized carbons (Fsp3) is 0.353. The molecule has 4 heterocycles. The molecule has 7 nitrogen and oxygen atoms in total. The van der Waals surface area contributed by atoms with E-state index >= 15 is 0 Å². The van der Waals surface area contributed by atoms with E-state index in [-0.39, 0.29) is 82.2 Å². The molecule has 12 heteroatoms. The first-order chi connectivity index (χ1) is 13.3. The van der Waals surface area contributed by atoms with Gasteiger partial charge in [-0.3, -0.25) is 14.9 Å². The zero-order valence-electron chi connectivity index (χ0n) is 15.4. The zero-order valence-corrected chi connectivity index (χ0v) is 19.3. The number of rotatable bonds is 2. The third-order valence-corrected chi connectivity index (χ3v) is 5.47. The van der Waals surface area contributed by atoms with Crippen molar-refractivity contribution in [2.24, 2.45) is 5.92 Å². The van der Waals surface area contributed by atoms with Gasteiger partial charge in [-0.1, -0.05) is 0 Å². The summed E-state index contributed by atoms with van der Waals surface area (Å²) in [4.78, 5) is 37.8. The van der Waals surface area contributed by atoms with Crippen LogP contribution in [0.15, 0.2) is 23.4 Å². The van der Waals surface area contributed by atoms with Gasteiger partial charge in [0, 0.05) is 64.5 Å². The molecule has 0 atom stereocenters. The number of pyridine rings is 1. The van der Waals surface area contributed by atoms with Crippen molar-refractivity contribution in [2.45, 2.75) is 19.0 Å². The summed E-state index contributed by atoms with van der Waals surface area (Å²) in [7, 11) is 0. The van der Waals surface area contributed by atoms with E-state index < -0.39 is 23.2 Å². The summed E-state index contributed by atoms with van der Waals surface area (Å²) in [5, 5.41) is 1.72. The molecule has 0 bridgehead atoms. The number of aromatic nitrogens is 3. The van der Waals surface area contributed by atoms with Gasteiger partial charge in [-0.05, 0) is 42.8 Å². The fourth-order valence-corrected chi connectivity index (χ4v) is 3.90. The molecule has 1 N–H and O–H groups in total. The molecule has 147 valence electrons. The molecule has 0 spiro atoms. The van der Waals surface area contributed by atoms with Gasteiger partial charge in [0.25, 0.3) is 11.1 Å². The van der Waals surface area contributed by atoms with Gasteiger partial charge in [0.1, 0.15) is 11.8 Å². The minimum Gasteiger partial charge on any atom is -0.355 e. The maximum atomic E-state index is 12.9. The minimum atomic E-state index is -4.19. The number of amides is 2. The van der Waals surface area contributed by atoms with Crippen molar-refractivity contribution in [3.8, 4) is 0 Å². The van der Waals surface area contributed by atoms with E-state index in [1.807, 2.05) is 0 Å². The molecule has 0 saturated carbocycles. The first kappa shape index (κ1) is 22.6. The van der Waals surface area contributed by atoms with Crippen molar-refractivity contribution in [2.75, 3.05) is 18.0 Å². The van der Waals surface area contributed by atoms with Crippen molar-refractivity contribution in [3.05, 3.63) is 29.1 Å². The summed E-state index contributed by atoms with van der Waals surface area (Å²) < 4.78 is 38.7. The molecule has 2 aliphatic rings. The Balaban J connectivity index is 0.00000240. The van der Waals surface area contributed by atoms with E-state index in [1.165, 1.54) is 12.4 Å². The van der Waals surface area contributed by atoms with Gasteiger partial charge in [-0.25, -0.2) is 15.0 Å². The number of hydrogen-bond acceptors (Lipinski definition) is 7. The number of anilines is 1. The molecule has 29 heavy (non-hydrogen) atoms. The first-order valence-corrected chi connectivity index (χ1v) is 9.31. The second-order valence-electron chi connectivity index (χ2n) is 6.46. The van der Waals surface area contributed by atoms with Crippen LogP contribution in [0.3, 0.4) is 0 Å². The Morgan fingerprint density at radius 1 is 1.17 bits per heavy atom. The van der Waals surface area contributed by atoms with Crippen molar-refractivity contribution in [1.29, 1.82) is 0 Å². The smallest absolute Gasteiger partial charge is 0.355 e. The van der Waals surface area contributed by atoms with E-state index in [0.717, 1.165) is 11.8 Å². The van der Waals surface area contributed by atoms with Gasteiger partial charge in [-0.2, -0.15) is 13.2 Å². The van der Waals surface area contributed by atoms with Crippen LogP contribution >= 0.6 is 11.8 Å². The van der Waals surface area contributed by atoms with E-state index in [0.29, 0.717) is 22.5 Å². The maximum absolute atomic E-state index is 12.9. The quantitative estimate of drug-likeness (QED) is 0.558. The van der Waals surface area contributed by atoms with Crippen LogP contribution in [0, 0.1) is 5.92 Å². The number of thioether (sulfide) groups is 1. The Morgan fingerprint density at radius 2 is 1.90 bits per heavy atom. The van der Waals surface area contributed by atoms with Crippen LogP contribution in [0.1, 0.15) is 18.5 Å². The van der Waals surface area contributed by atoms with Crippen molar-refractivity contribution < 1.29 is 22.8 Å². The third kappa shape index (κ3) is 4.99. The van der Waals surface area contributed by atoms with Crippen molar-refractivity contribution in [1.82, 2.24) is 20.3 Å². The molecule has 2 saturated heterocycles. The van der Waals surface area contributed by atoms with Crippen molar-refractivity contribution >= 4 is 97.2 Å². The number of alkyl halides is 3. The minimum absolute atomic E-state index is 0. The summed E-state index contributed by atoms with van der Waals surface area (Å²) in [6, 6.07) is 3.35. The standard InChI is InChI=1S/C17H14F3N5O2S.K/c18-17(19,20)9-3-5-25(6-4-9)14-13-11(21-8-22-14)2-1-10(23-13)7-12-15(26)24-16(27)28-12;/h1-2,7-9H,3-6H2,(H,24,26,27);. The Bertz CT molecular complexity index is 993. The number of imide groups is 1. The molecule has 0 aliphatic carbocycles. The molecule has 1 radical (unpaired) electrons. The number of nitrogens with zero attached hydrogens (tertiary/aromatic N) is 4. The van der Waals surface area contributed by atoms with Crippen LogP contribution < -0.4 is 10.2 Å². The summed E-state index contributed by atoms with van der Waals surface area (Å²) in [6.45, 7) is 0.437. The SMILES string of the molecule is O=C1NC(=O)C(=Cc2ccc3ncnc(N4CCC(C(F)(F)F)CC4)c3n2)S1.[K]. The molecule has 0 aromatic carbocycles. The van der Waals surface area contributed by atoms with E-state index in [9.17, 15) is 22.8 Å². The Morgan fingerprint density at radius 3 is 2.52 bits per heavy atom. The van der Waals surface area contributed by atoms with E-state index in [1.54, 1.807) is 17.0 Å². The van der Waals surface area contributed by atoms with Crippen LogP contribution in [0.5, 0.6) is 0 Å². The summed E-state index contributed by atoms with van der Waals surface area (Å²) in [5.41, 5.74) is 1.42. The Hall–Kier alpha value is -1.05. The number of carbonyl (C=O) groups excluding carboxylic acids is 2. The molecule has 4 rings (SSSR count). The van der Waals surface area contributed by atoms with Gasteiger partial charge in [0.05, 0.1) is 22.0 Å². The molecule has 2 aliphatic heterocycles. The average molecular weight is 448 g/mol. The topological polar surface area (TPSA) is 88.1 Å². The van der Waals surface area contributed by atoms with E-state index in [2.05, 4.69) is 20.3 Å². The molecule has 0 unspecified atom stereocenters. The van der Waals surface area contributed by atoms with Crippen molar-refractivity contribution in [3.63, 3.8) is 0 Å². The fourth-order valence-electron chi connectivity index (χ4n) is 3.23. The van der Waals surface area contributed by atoms with Crippen LogP contribution in [0.4, 0.5) is 23.8 Å². The second kappa shape index (κ2) is 8.98. The summed E-state index contributed by atoms with van der Waals surface area (Å²) in [6.07, 6.45) is -1.35. The Kier molecular flexibility index (Phi) is 7.01. The molecule has 2 amide bonds. The number of piperidine rings is 1. The second-order valence-corrected chi connectivity index (χ2v) is 7.47. The van der Waals surface area contributed by atoms with E-state index in [4.69, 9.17) is 0 Å². The predicted molar refractivity (Wildman–Crippen MR) is 103 cm³/mol. The third-order valence-electron chi connectivity index (χ3n) is 4.66. The van der Waals surface area contributed by atoms with Gasteiger partial charge in [-0.15, -0.1) is 0 Å². The molecular formula is C17H14F3KN5O2S. The zero-order chi connectivity index (χ0) is 19.9. The van der Waals surface area contributed by atoms with Crippen LogP contribution in [-0.4, -0.2) is 96.7 Å². The molecule has 2 aromatic rings. The summed E-state index contributed by atoms with van der Waals surface area (Å²) in [5.74, 6) is -1.33. The van der Waals surface area contributed by atoms with Crippen LogP contribution in [-0.2, 0) is 4.79 Å². The largest absolute Gasteiger partial charge is 0.391 e. The average Bonchev–Trinajstić information content (AvgIpc) is 2.97. The predicted octanol–water partition coefficient (Wildman–Crippen LogP) is 2.75. The number of halogens is 3. The summed E-state index contributed by atoms with van der Waals surface area (Å²) >= 11 is 0.782. The van der Waals surface area contributed by atoms with Crippen LogP contribution in [0.25, 0.3) is 17.1 Å². The van der Waals surface area contributed by atoms with Gasteiger partial charge < -0.3 is 4.90 Å². The molecule has 2 fully saturated rings. The Labute approximate surface area is 210 Å². The van der Waals surface area contributed by atoms with Crippen LogP contribution in [0.2, 0.25) is 0 Å². The number of carbonyl (C=O) groups is 2. The number of nitrogens with one attached hydrogen (secondary N) is 1.